The lowest BCUT2D eigenvalue weighted by Gasteiger charge is -2.37. The number of hydrogen-bond acceptors (Lipinski definition) is 1. The van der Waals surface area contributed by atoms with Crippen molar-refractivity contribution in [2.24, 2.45) is 17.1 Å². The fourth-order valence-corrected chi connectivity index (χ4v) is 3.59. The minimum absolute atomic E-state index is 0.474. The Morgan fingerprint density at radius 2 is 1.68 bits per heavy atom. The zero-order valence-electron chi connectivity index (χ0n) is 12.8. The van der Waals surface area contributed by atoms with E-state index in [4.69, 9.17) is 5.73 Å². The highest BCUT2D eigenvalue weighted by molar-refractivity contribution is 5.31. The second kappa shape index (κ2) is 6.09. The first-order chi connectivity index (χ1) is 9.02. The third-order valence-corrected chi connectivity index (χ3v) is 4.86. The third-order valence-electron chi connectivity index (χ3n) is 4.86. The van der Waals surface area contributed by atoms with E-state index in [2.05, 4.69) is 45.0 Å². The SMILES string of the molecule is CC(C)(C)C1CCC(c2ccccc2CCN)CC1. The predicted molar refractivity (Wildman–Crippen MR) is 83.4 cm³/mol. The van der Waals surface area contributed by atoms with Crippen molar-refractivity contribution in [3.8, 4) is 0 Å². The normalized spacial score (nSPS) is 24.4. The molecule has 1 aromatic carbocycles. The first kappa shape index (κ1) is 14.6. The molecule has 2 rings (SSSR count). The van der Waals surface area contributed by atoms with E-state index in [0.717, 1.165) is 24.8 Å². The van der Waals surface area contributed by atoms with Gasteiger partial charge < -0.3 is 5.73 Å². The van der Waals surface area contributed by atoms with Crippen molar-refractivity contribution < 1.29 is 0 Å². The molecule has 0 saturated heterocycles. The van der Waals surface area contributed by atoms with E-state index in [1.54, 1.807) is 5.56 Å². The van der Waals surface area contributed by atoms with E-state index in [1.807, 2.05) is 0 Å². The summed E-state index contributed by atoms with van der Waals surface area (Å²) in [5.41, 5.74) is 9.26. The van der Waals surface area contributed by atoms with E-state index in [9.17, 15) is 0 Å². The molecule has 0 radical (unpaired) electrons. The van der Waals surface area contributed by atoms with Crippen LogP contribution in [0.15, 0.2) is 24.3 Å². The topological polar surface area (TPSA) is 26.0 Å². The molecule has 0 spiro atoms. The first-order valence-corrected chi connectivity index (χ1v) is 7.80. The van der Waals surface area contributed by atoms with Gasteiger partial charge in [0.2, 0.25) is 0 Å². The van der Waals surface area contributed by atoms with Gasteiger partial charge in [-0.2, -0.15) is 0 Å². The molecule has 1 heteroatoms. The molecular weight excluding hydrogens is 230 g/mol. The van der Waals surface area contributed by atoms with Crippen LogP contribution in [0.4, 0.5) is 0 Å². The third kappa shape index (κ3) is 3.60. The number of nitrogens with two attached hydrogens (primary N) is 1. The van der Waals surface area contributed by atoms with Crippen molar-refractivity contribution in [1.82, 2.24) is 0 Å². The zero-order chi connectivity index (χ0) is 13.9. The fourth-order valence-electron chi connectivity index (χ4n) is 3.59. The summed E-state index contributed by atoms with van der Waals surface area (Å²) in [4.78, 5) is 0. The van der Waals surface area contributed by atoms with Gasteiger partial charge in [0.25, 0.3) is 0 Å². The maximum atomic E-state index is 5.74. The highest BCUT2D eigenvalue weighted by Crippen LogP contribution is 2.43. The number of benzene rings is 1. The van der Waals surface area contributed by atoms with Crippen LogP contribution in [0, 0.1) is 11.3 Å². The summed E-state index contributed by atoms with van der Waals surface area (Å²) >= 11 is 0. The van der Waals surface area contributed by atoms with Crippen molar-refractivity contribution in [3.63, 3.8) is 0 Å². The Kier molecular flexibility index (Phi) is 4.67. The Labute approximate surface area is 118 Å². The Bertz CT molecular complexity index is 394. The van der Waals surface area contributed by atoms with Gasteiger partial charge in [-0.05, 0) is 67.0 Å². The second-order valence-corrected chi connectivity index (χ2v) is 7.15. The standard InChI is InChI=1S/C18H29N/c1-18(2,3)16-10-8-15(9-11-16)17-7-5-4-6-14(17)12-13-19/h4-7,15-16H,8-13,19H2,1-3H3. The summed E-state index contributed by atoms with van der Waals surface area (Å²) in [7, 11) is 0. The fraction of sp³-hybridized carbons (Fsp3) is 0.667. The molecule has 1 aliphatic rings. The van der Waals surface area contributed by atoms with Gasteiger partial charge in [0, 0.05) is 0 Å². The molecule has 0 aliphatic heterocycles. The van der Waals surface area contributed by atoms with Crippen molar-refractivity contribution in [3.05, 3.63) is 35.4 Å². The molecule has 1 nitrogen and oxygen atoms in total. The number of rotatable bonds is 3. The first-order valence-electron chi connectivity index (χ1n) is 7.80. The lowest BCUT2D eigenvalue weighted by atomic mass is 9.68. The second-order valence-electron chi connectivity index (χ2n) is 7.15. The van der Waals surface area contributed by atoms with E-state index in [1.165, 1.54) is 31.2 Å². The van der Waals surface area contributed by atoms with Gasteiger partial charge in [-0.25, -0.2) is 0 Å². The quantitative estimate of drug-likeness (QED) is 0.849. The van der Waals surface area contributed by atoms with Crippen LogP contribution < -0.4 is 5.73 Å². The van der Waals surface area contributed by atoms with Gasteiger partial charge >= 0.3 is 0 Å². The molecule has 0 bridgehead atoms. The van der Waals surface area contributed by atoms with Crippen LogP contribution in [0.3, 0.4) is 0 Å². The summed E-state index contributed by atoms with van der Waals surface area (Å²) in [6, 6.07) is 8.92. The molecular formula is C18H29N. The van der Waals surface area contributed by atoms with E-state index in [0.29, 0.717) is 5.41 Å². The van der Waals surface area contributed by atoms with Gasteiger partial charge in [-0.3, -0.25) is 0 Å². The summed E-state index contributed by atoms with van der Waals surface area (Å²) in [6.45, 7) is 7.93. The van der Waals surface area contributed by atoms with Crippen LogP contribution in [0.25, 0.3) is 0 Å². The molecule has 19 heavy (non-hydrogen) atoms. The molecule has 1 aromatic rings. The lowest BCUT2D eigenvalue weighted by molar-refractivity contribution is 0.169. The minimum atomic E-state index is 0.474. The zero-order valence-corrected chi connectivity index (χ0v) is 12.8. The van der Waals surface area contributed by atoms with Crippen LogP contribution in [0.1, 0.15) is 63.5 Å². The molecule has 106 valence electrons. The Hall–Kier alpha value is -0.820. The van der Waals surface area contributed by atoms with Crippen LogP contribution in [-0.2, 0) is 6.42 Å². The summed E-state index contributed by atoms with van der Waals surface area (Å²) in [5, 5.41) is 0. The monoisotopic (exact) mass is 259 g/mol. The van der Waals surface area contributed by atoms with Crippen LogP contribution in [0.2, 0.25) is 0 Å². The summed E-state index contributed by atoms with van der Waals surface area (Å²) in [6.07, 6.45) is 6.48. The van der Waals surface area contributed by atoms with Crippen LogP contribution in [0.5, 0.6) is 0 Å². The van der Waals surface area contributed by atoms with Crippen LogP contribution >= 0.6 is 0 Å². The maximum absolute atomic E-state index is 5.74. The van der Waals surface area contributed by atoms with Crippen molar-refractivity contribution in [2.45, 2.75) is 58.8 Å². The molecule has 1 aliphatic carbocycles. The van der Waals surface area contributed by atoms with Crippen molar-refractivity contribution in [2.75, 3.05) is 6.54 Å². The van der Waals surface area contributed by atoms with Crippen LogP contribution in [-0.4, -0.2) is 6.54 Å². The highest BCUT2D eigenvalue weighted by Gasteiger charge is 2.30. The average Bonchev–Trinajstić information content (AvgIpc) is 2.39. The van der Waals surface area contributed by atoms with Crippen molar-refractivity contribution >= 4 is 0 Å². The molecule has 0 aromatic heterocycles. The van der Waals surface area contributed by atoms with Gasteiger partial charge in [0.1, 0.15) is 0 Å². The maximum Gasteiger partial charge on any atom is -0.00366 e. The predicted octanol–water partition coefficient (Wildman–Crippen LogP) is 4.51. The molecule has 0 heterocycles. The Balaban J connectivity index is 2.05. The molecule has 1 saturated carbocycles. The van der Waals surface area contributed by atoms with Gasteiger partial charge in [-0.15, -0.1) is 0 Å². The van der Waals surface area contributed by atoms with Crippen molar-refractivity contribution in [1.29, 1.82) is 0 Å². The molecule has 1 fully saturated rings. The largest absolute Gasteiger partial charge is 0.330 e. The van der Waals surface area contributed by atoms with E-state index < -0.39 is 0 Å². The molecule has 0 amide bonds. The van der Waals surface area contributed by atoms with Gasteiger partial charge in [0.15, 0.2) is 0 Å². The average molecular weight is 259 g/mol. The van der Waals surface area contributed by atoms with E-state index in [-0.39, 0.29) is 0 Å². The van der Waals surface area contributed by atoms with Gasteiger partial charge in [0.05, 0.1) is 0 Å². The highest BCUT2D eigenvalue weighted by atomic mass is 14.5. The minimum Gasteiger partial charge on any atom is -0.330 e. The number of hydrogen-bond donors (Lipinski definition) is 1. The lowest BCUT2D eigenvalue weighted by Crippen LogP contribution is -2.25. The summed E-state index contributed by atoms with van der Waals surface area (Å²) < 4.78 is 0. The molecule has 0 unspecified atom stereocenters. The smallest absolute Gasteiger partial charge is 0.00366 e. The Morgan fingerprint density at radius 1 is 1.05 bits per heavy atom. The van der Waals surface area contributed by atoms with Gasteiger partial charge in [-0.1, -0.05) is 45.0 Å². The molecule has 2 N–H and O–H groups in total. The molecule has 0 atom stereocenters. The van der Waals surface area contributed by atoms with E-state index >= 15 is 0 Å². The summed E-state index contributed by atoms with van der Waals surface area (Å²) in [5.74, 6) is 1.66. The Morgan fingerprint density at radius 3 is 2.26 bits per heavy atom.